The van der Waals surface area contributed by atoms with Gasteiger partial charge in [-0.05, 0) is 44.7 Å². The van der Waals surface area contributed by atoms with Crippen molar-refractivity contribution in [1.82, 2.24) is 5.32 Å². The van der Waals surface area contributed by atoms with Gasteiger partial charge in [-0.25, -0.2) is 9.18 Å². The lowest BCUT2D eigenvalue weighted by atomic mass is 9.86. The van der Waals surface area contributed by atoms with Crippen LogP contribution in [0, 0.1) is 11.7 Å². The van der Waals surface area contributed by atoms with Crippen molar-refractivity contribution in [2.24, 2.45) is 5.92 Å². The molecule has 0 radical (unpaired) electrons. The van der Waals surface area contributed by atoms with Crippen LogP contribution in [0.2, 0.25) is 0 Å². The average Bonchev–Trinajstić information content (AvgIpc) is 2.44. The molecule has 5 heteroatoms. The lowest BCUT2D eigenvalue weighted by molar-refractivity contribution is 0.232. The van der Waals surface area contributed by atoms with Gasteiger partial charge in [0.25, 0.3) is 0 Å². The summed E-state index contributed by atoms with van der Waals surface area (Å²) in [5.74, 6) is 0.426. The average molecular weight is 308 g/mol. The minimum atomic E-state index is -0.495. The van der Waals surface area contributed by atoms with Gasteiger partial charge in [0.15, 0.2) is 0 Å². The summed E-state index contributed by atoms with van der Waals surface area (Å²) in [7, 11) is 0. The first kappa shape index (κ1) is 16.6. The first-order chi connectivity index (χ1) is 10.5. The molecule has 1 aromatic rings. The number of benzene rings is 1. The van der Waals surface area contributed by atoms with Crippen LogP contribution in [0.15, 0.2) is 18.2 Å². The van der Waals surface area contributed by atoms with Crippen LogP contribution in [0.5, 0.6) is 5.75 Å². The smallest absolute Gasteiger partial charge is 0.319 e. The second-order valence-corrected chi connectivity index (χ2v) is 6.27. The lowest BCUT2D eigenvalue weighted by Crippen LogP contribution is -2.43. The van der Waals surface area contributed by atoms with Crippen molar-refractivity contribution in [3.05, 3.63) is 24.0 Å². The predicted octanol–water partition coefficient (Wildman–Crippen LogP) is 4.31. The van der Waals surface area contributed by atoms with E-state index >= 15 is 0 Å². The summed E-state index contributed by atoms with van der Waals surface area (Å²) in [6, 6.07) is 4.29. The number of halogens is 1. The van der Waals surface area contributed by atoms with E-state index in [1.54, 1.807) is 6.07 Å². The Kier molecular flexibility index (Phi) is 5.63. The van der Waals surface area contributed by atoms with Gasteiger partial charge in [0.1, 0.15) is 11.6 Å². The third-order valence-electron chi connectivity index (χ3n) is 3.99. The van der Waals surface area contributed by atoms with E-state index in [1.807, 2.05) is 13.8 Å². The molecule has 0 spiro atoms. The van der Waals surface area contributed by atoms with Gasteiger partial charge >= 0.3 is 6.03 Å². The van der Waals surface area contributed by atoms with E-state index in [2.05, 4.69) is 17.6 Å². The fraction of sp³-hybridized carbons (Fsp3) is 0.588. The van der Waals surface area contributed by atoms with Gasteiger partial charge in [-0.1, -0.05) is 19.8 Å². The highest BCUT2D eigenvalue weighted by atomic mass is 19.1. The molecule has 2 atom stereocenters. The van der Waals surface area contributed by atoms with Crippen LogP contribution in [0.1, 0.15) is 46.5 Å². The van der Waals surface area contributed by atoms with Gasteiger partial charge in [-0.15, -0.1) is 0 Å². The molecule has 2 unspecified atom stereocenters. The second kappa shape index (κ2) is 7.47. The van der Waals surface area contributed by atoms with Crippen LogP contribution < -0.4 is 15.4 Å². The Balaban J connectivity index is 1.93. The zero-order chi connectivity index (χ0) is 16.1. The van der Waals surface area contributed by atoms with Crippen molar-refractivity contribution in [1.29, 1.82) is 0 Å². The molecule has 1 aromatic carbocycles. The molecule has 1 aliphatic rings. The van der Waals surface area contributed by atoms with E-state index in [1.165, 1.54) is 18.6 Å². The largest absolute Gasteiger partial charge is 0.491 e. The van der Waals surface area contributed by atoms with E-state index < -0.39 is 5.82 Å². The minimum absolute atomic E-state index is 0.0192. The van der Waals surface area contributed by atoms with Gasteiger partial charge in [-0.2, -0.15) is 0 Å². The van der Waals surface area contributed by atoms with Crippen LogP contribution in [0.3, 0.4) is 0 Å². The number of ether oxygens (including phenoxy) is 1. The molecule has 1 saturated carbocycles. The zero-order valence-electron chi connectivity index (χ0n) is 13.5. The molecule has 2 amide bonds. The van der Waals surface area contributed by atoms with Crippen molar-refractivity contribution >= 4 is 11.7 Å². The molecule has 1 fully saturated rings. The fourth-order valence-electron chi connectivity index (χ4n) is 2.80. The van der Waals surface area contributed by atoms with E-state index in [0.29, 0.717) is 11.7 Å². The zero-order valence-corrected chi connectivity index (χ0v) is 13.5. The molecular weight excluding hydrogens is 283 g/mol. The van der Waals surface area contributed by atoms with Crippen LogP contribution in [-0.4, -0.2) is 18.2 Å². The second-order valence-electron chi connectivity index (χ2n) is 6.27. The van der Waals surface area contributed by atoms with Gasteiger partial charge < -0.3 is 15.4 Å². The van der Waals surface area contributed by atoms with Crippen molar-refractivity contribution in [2.45, 2.75) is 58.6 Å². The van der Waals surface area contributed by atoms with Crippen molar-refractivity contribution in [2.75, 3.05) is 5.32 Å². The van der Waals surface area contributed by atoms with Crippen LogP contribution in [0.25, 0.3) is 0 Å². The molecule has 0 saturated heterocycles. The normalized spacial score (nSPS) is 21.5. The number of hydrogen-bond acceptors (Lipinski definition) is 2. The maximum atomic E-state index is 14.0. The van der Waals surface area contributed by atoms with Crippen molar-refractivity contribution in [3.8, 4) is 5.75 Å². The van der Waals surface area contributed by atoms with E-state index in [0.717, 1.165) is 19.3 Å². The monoisotopic (exact) mass is 308 g/mol. The molecule has 22 heavy (non-hydrogen) atoms. The van der Waals surface area contributed by atoms with E-state index in [-0.39, 0.29) is 23.9 Å². The maximum absolute atomic E-state index is 14.0. The molecule has 2 rings (SSSR count). The number of carbonyl (C=O) groups is 1. The summed E-state index contributed by atoms with van der Waals surface area (Å²) >= 11 is 0. The highest BCUT2D eigenvalue weighted by Gasteiger charge is 2.23. The van der Waals surface area contributed by atoms with Gasteiger partial charge in [-0.3, -0.25) is 0 Å². The number of anilines is 1. The molecule has 0 bridgehead atoms. The Morgan fingerprint density at radius 2 is 2.05 bits per heavy atom. The fourth-order valence-corrected chi connectivity index (χ4v) is 2.80. The molecule has 2 N–H and O–H groups in total. The Hall–Kier alpha value is -1.78. The number of carbonyl (C=O) groups excluding carboxylic acids is 1. The topological polar surface area (TPSA) is 50.4 Å². The molecule has 0 heterocycles. The van der Waals surface area contributed by atoms with Gasteiger partial charge in [0, 0.05) is 12.1 Å². The number of hydrogen-bond donors (Lipinski definition) is 2. The van der Waals surface area contributed by atoms with Gasteiger partial charge in [0.05, 0.1) is 11.8 Å². The Morgan fingerprint density at radius 1 is 1.32 bits per heavy atom. The van der Waals surface area contributed by atoms with Crippen molar-refractivity contribution in [3.63, 3.8) is 0 Å². The van der Waals surface area contributed by atoms with E-state index in [4.69, 9.17) is 4.74 Å². The van der Waals surface area contributed by atoms with Gasteiger partial charge in [0.2, 0.25) is 0 Å². The van der Waals surface area contributed by atoms with Crippen LogP contribution in [0.4, 0.5) is 14.9 Å². The van der Waals surface area contributed by atoms with Crippen LogP contribution >= 0.6 is 0 Å². The summed E-state index contributed by atoms with van der Waals surface area (Å²) in [5.41, 5.74) is 0.164. The first-order valence-corrected chi connectivity index (χ1v) is 7.99. The Morgan fingerprint density at radius 3 is 2.68 bits per heavy atom. The van der Waals surface area contributed by atoms with E-state index in [9.17, 15) is 9.18 Å². The maximum Gasteiger partial charge on any atom is 0.319 e. The number of amides is 2. The predicted molar refractivity (Wildman–Crippen MR) is 85.7 cm³/mol. The molecular formula is C17H25FN2O2. The van der Waals surface area contributed by atoms with Crippen LogP contribution in [-0.2, 0) is 0 Å². The molecule has 4 nitrogen and oxygen atoms in total. The summed E-state index contributed by atoms with van der Waals surface area (Å²) in [6.07, 6.45) is 4.44. The Labute approximate surface area is 131 Å². The standard InChI is InChI=1S/C17H25FN2O2/c1-11(2)22-13-8-9-16(14(18)10-13)20-17(21)19-15-7-5-4-6-12(15)3/h8-12,15H,4-7H2,1-3H3,(H2,19,20,21). The quantitative estimate of drug-likeness (QED) is 0.870. The number of nitrogens with one attached hydrogen (secondary N) is 2. The summed E-state index contributed by atoms with van der Waals surface area (Å²) in [4.78, 5) is 12.0. The number of urea groups is 1. The molecule has 0 aromatic heterocycles. The lowest BCUT2D eigenvalue weighted by Gasteiger charge is -2.29. The first-order valence-electron chi connectivity index (χ1n) is 7.99. The number of rotatable bonds is 4. The molecule has 1 aliphatic carbocycles. The Bertz CT molecular complexity index is 519. The SMILES string of the molecule is CC(C)Oc1ccc(NC(=O)NC2CCCCC2C)c(F)c1. The highest BCUT2D eigenvalue weighted by Crippen LogP contribution is 2.24. The summed E-state index contributed by atoms with van der Waals surface area (Å²) in [5, 5.41) is 5.52. The third kappa shape index (κ3) is 4.61. The molecule has 122 valence electrons. The highest BCUT2D eigenvalue weighted by molar-refractivity contribution is 5.89. The third-order valence-corrected chi connectivity index (χ3v) is 3.99. The minimum Gasteiger partial charge on any atom is -0.491 e. The molecule has 0 aliphatic heterocycles. The summed E-state index contributed by atoms with van der Waals surface area (Å²) in [6.45, 7) is 5.90. The van der Waals surface area contributed by atoms with Crippen molar-refractivity contribution < 1.29 is 13.9 Å². The summed E-state index contributed by atoms with van der Waals surface area (Å²) < 4.78 is 19.4.